The first kappa shape index (κ1) is 20.6. The number of carbonyl (C=O) groups excluding carboxylic acids is 1. The first-order valence-corrected chi connectivity index (χ1v) is 10.2. The van der Waals surface area contributed by atoms with Crippen LogP contribution in [-0.4, -0.2) is 24.2 Å². The molecule has 1 amide bonds. The number of thiocarbonyl (C=S) groups is 1. The fourth-order valence-electron chi connectivity index (χ4n) is 2.33. The van der Waals surface area contributed by atoms with E-state index in [9.17, 15) is 4.79 Å². The second-order valence-corrected chi connectivity index (χ2v) is 7.21. The number of carbonyl (C=O) groups is 1. The van der Waals surface area contributed by atoms with Gasteiger partial charge in [-0.3, -0.25) is 10.1 Å². The zero-order valence-corrected chi connectivity index (χ0v) is 17.2. The van der Waals surface area contributed by atoms with Crippen LogP contribution >= 0.6 is 23.6 Å². The molecule has 0 unspecified atom stereocenters. The SMILES string of the molecule is O=C(/C=C/c1cccs1)NC(=S)Nc1ccc(OCCOc2ccccc2)cc1. The zero-order valence-electron chi connectivity index (χ0n) is 15.5. The number of amides is 1. The number of anilines is 1. The highest BCUT2D eigenvalue weighted by Crippen LogP contribution is 2.16. The molecule has 3 rings (SSSR count). The molecule has 0 spiro atoms. The summed E-state index contributed by atoms with van der Waals surface area (Å²) in [5, 5.41) is 7.77. The summed E-state index contributed by atoms with van der Waals surface area (Å²) in [5.41, 5.74) is 0.755. The molecule has 7 heteroatoms. The van der Waals surface area contributed by atoms with Crippen molar-refractivity contribution in [1.29, 1.82) is 0 Å². The van der Waals surface area contributed by atoms with Crippen LogP contribution in [0.2, 0.25) is 0 Å². The summed E-state index contributed by atoms with van der Waals surface area (Å²) < 4.78 is 11.2. The van der Waals surface area contributed by atoms with Gasteiger partial charge in [0, 0.05) is 16.6 Å². The van der Waals surface area contributed by atoms with Gasteiger partial charge in [0.2, 0.25) is 5.91 Å². The molecule has 0 radical (unpaired) electrons. The molecule has 0 saturated heterocycles. The van der Waals surface area contributed by atoms with E-state index in [1.165, 1.54) is 6.08 Å². The monoisotopic (exact) mass is 424 g/mol. The van der Waals surface area contributed by atoms with Gasteiger partial charge in [0.25, 0.3) is 0 Å². The first-order chi connectivity index (χ1) is 14.2. The minimum absolute atomic E-state index is 0.232. The molecule has 5 nitrogen and oxygen atoms in total. The van der Waals surface area contributed by atoms with E-state index in [4.69, 9.17) is 21.7 Å². The third kappa shape index (κ3) is 7.40. The largest absolute Gasteiger partial charge is 0.490 e. The molecule has 0 bridgehead atoms. The van der Waals surface area contributed by atoms with Crippen molar-refractivity contribution >= 4 is 46.3 Å². The van der Waals surface area contributed by atoms with Gasteiger partial charge in [-0.05, 0) is 66.1 Å². The van der Waals surface area contributed by atoms with E-state index in [1.54, 1.807) is 17.4 Å². The van der Waals surface area contributed by atoms with Crippen molar-refractivity contribution in [1.82, 2.24) is 5.32 Å². The second-order valence-electron chi connectivity index (χ2n) is 5.83. The average molecular weight is 425 g/mol. The molecule has 2 N–H and O–H groups in total. The Hall–Kier alpha value is -3.16. The van der Waals surface area contributed by atoms with E-state index in [0.717, 1.165) is 22.1 Å². The van der Waals surface area contributed by atoms with Gasteiger partial charge in [-0.2, -0.15) is 0 Å². The van der Waals surface area contributed by atoms with Gasteiger partial charge in [-0.1, -0.05) is 24.3 Å². The van der Waals surface area contributed by atoms with Gasteiger partial charge in [-0.15, -0.1) is 11.3 Å². The second kappa shape index (κ2) is 11.0. The Morgan fingerprint density at radius 1 is 0.931 bits per heavy atom. The summed E-state index contributed by atoms with van der Waals surface area (Å²) >= 11 is 6.73. The number of benzene rings is 2. The Bertz CT molecular complexity index is 940. The van der Waals surface area contributed by atoms with Crippen LogP contribution in [0.4, 0.5) is 5.69 Å². The van der Waals surface area contributed by atoms with E-state index in [1.807, 2.05) is 72.1 Å². The van der Waals surface area contributed by atoms with Crippen LogP contribution in [0.3, 0.4) is 0 Å². The van der Waals surface area contributed by atoms with Crippen molar-refractivity contribution in [2.24, 2.45) is 0 Å². The molecule has 0 fully saturated rings. The summed E-state index contributed by atoms with van der Waals surface area (Å²) in [7, 11) is 0. The summed E-state index contributed by atoms with van der Waals surface area (Å²) in [5.74, 6) is 1.26. The number of ether oxygens (including phenoxy) is 2. The predicted molar refractivity (Wildman–Crippen MR) is 122 cm³/mol. The maximum atomic E-state index is 11.9. The normalized spacial score (nSPS) is 10.5. The molecule has 0 aliphatic rings. The summed E-state index contributed by atoms with van der Waals surface area (Å²) in [4.78, 5) is 12.9. The zero-order chi connectivity index (χ0) is 20.3. The highest BCUT2D eigenvalue weighted by atomic mass is 32.1. The number of hydrogen-bond donors (Lipinski definition) is 2. The molecule has 1 heterocycles. The third-order valence-electron chi connectivity index (χ3n) is 3.66. The van der Waals surface area contributed by atoms with Gasteiger partial charge in [0.05, 0.1) is 0 Å². The molecular formula is C22H20N2O3S2. The number of para-hydroxylation sites is 1. The molecule has 0 aliphatic carbocycles. The van der Waals surface area contributed by atoms with E-state index < -0.39 is 0 Å². The van der Waals surface area contributed by atoms with Crippen molar-refractivity contribution in [2.75, 3.05) is 18.5 Å². The lowest BCUT2D eigenvalue weighted by molar-refractivity contribution is -0.115. The van der Waals surface area contributed by atoms with E-state index in [0.29, 0.717) is 13.2 Å². The van der Waals surface area contributed by atoms with Gasteiger partial charge < -0.3 is 14.8 Å². The molecule has 0 aliphatic heterocycles. The smallest absolute Gasteiger partial charge is 0.250 e. The predicted octanol–water partition coefficient (Wildman–Crippen LogP) is 4.73. The van der Waals surface area contributed by atoms with Crippen LogP contribution in [0, 0.1) is 0 Å². The lowest BCUT2D eigenvalue weighted by Crippen LogP contribution is -2.32. The molecule has 0 atom stereocenters. The number of thiophene rings is 1. The maximum absolute atomic E-state index is 11.9. The Labute approximate surface area is 179 Å². The number of rotatable bonds is 8. The lowest BCUT2D eigenvalue weighted by atomic mass is 10.3. The molecular weight excluding hydrogens is 404 g/mol. The Kier molecular flexibility index (Phi) is 7.80. The Morgan fingerprint density at radius 2 is 1.62 bits per heavy atom. The van der Waals surface area contributed by atoms with E-state index in [2.05, 4.69) is 10.6 Å². The highest BCUT2D eigenvalue weighted by Gasteiger charge is 2.03. The Morgan fingerprint density at radius 3 is 2.28 bits per heavy atom. The van der Waals surface area contributed by atoms with Crippen molar-refractivity contribution < 1.29 is 14.3 Å². The Balaban J connectivity index is 1.38. The van der Waals surface area contributed by atoms with E-state index in [-0.39, 0.29) is 11.0 Å². The van der Waals surface area contributed by atoms with Crippen LogP contribution in [0.25, 0.3) is 6.08 Å². The highest BCUT2D eigenvalue weighted by molar-refractivity contribution is 7.80. The van der Waals surface area contributed by atoms with Gasteiger partial charge in [0.15, 0.2) is 5.11 Å². The molecule has 1 aromatic heterocycles. The van der Waals surface area contributed by atoms with Crippen LogP contribution in [0.5, 0.6) is 11.5 Å². The summed E-state index contributed by atoms with van der Waals surface area (Å²) in [6.45, 7) is 0.895. The average Bonchev–Trinajstić information content (AvgIpc) is 3.25. The van der Waals surface area contributed by atoms with Crippen molar-refractivity contribution in [3.05, 3.63) is 83.1 Å². The number of hydrogen-bond acceptors (Lipinski definition) is 5. The first-order valence-electron chi connectivity index (χ1n) is 8.93. The van der Waals surface area contributed by atoms with Crippen molar-refractivity contribution in [3.63, 3.8) is 0 Å². The fourth-order valence-corrected chi connectivity index (χ4v) is 3.17. The molecule has 0 saturated carbocycles. The van der Waals surface area contributed by atoms with Gasteiger partial charge >= 0.3 is 0 Å². The molecule has 3 aromatic rings. The molecule has 2 aromatic carbocycles. The topological polar surface area (TPSA) is 59.6 Å². The fraction of sp³-hybridized carbons (Fsp3) is 0.0909. The van der Waals surface area contributed by atoms with Gasteiger partial charge in [-0.25, -0.2) is 0 Å². The maximum Gasteiger partial charge on any atom is 0.250 e. The number of nitrogens with one attached hydrogen (secondary N) is 2. The standard InChI is InChI=1S/C22H20N2O3S2/c25-21(13-12-20-7-4-16-29-20)24-22(28)23-17-8-10-19(11-9-17)27-15-14-26-18-5-2-1-3-6-18/h1-13,16H,14-15H2,(H2,23,24,25,28)/b13-12+. The van der Waals surface area contributed by atoms with Crippen molar-refractivity contribution in [3.8, 4) is 11.5 Å². The quantitative estimate of drug-likeness (QED) is 0.311. The van der Waals surface area contributed by atoms with Crippen molar-refractivity contribution in [2.45, 2.75) is 0 Å². The summed E-state index contributed by atoms with van der Waals surface area (Å²) in [6.07, 6.45) is 3.20. The van der Waals surface area contributed by atoms with Crippen LogP contribution < -0.4 is 20.1 Å². The molecule has 29 heavy (non-hydrogen) atoms. The lowest BCUT2D eigenvalue weighted by Gasteiger charge is -2.10. The summed E-state index contributed by atoms with van der Waals surface area (Å²) in [6, 6.07) is 20.8. The van der Waals surface area contributed by atoms with E-state index >= 15 is 0 Å². The minimum Gasteiger partial charge on any atom is -0.490 e. The van der Waals surface area contributed by atoms with Crippen LogP contribution in [0.1, 0.15) is 4.88 Å². The molecule has 148 valence electrons. The third-order valence-corrected chi connectivity index (χ3v) is 4.70. The minimum atomic E-state index is -0.283. The van der Waals surface area contributed by atoms with Gasteiger partial charge in [0.1, 0.15) is 24.7 Å². The van der Waals surface area contributed by atoms with Crippen LogP contribution in [0.15, 0.2) is 78.2 Å². The van der Waals surface area contributed by atoms with Crippen LogP contribution in [-0.2, 0) is 4.79 Å².